The largest absolute Gasteiger partial charge is 0.339 e. The number of nitrogens with zero attached hydrogens (tertiary/aromatic N) is 6. The van der Waals surface area contributed by atoms with Gasteiger partial charge in [0.15, 0.2) is 0 Å². The first kappa shape index (κ1) is 23.4. The molecule has 8 heteroatoms. The van der Waals surface area contributed by atoms with Gasteiger partial charge in [0, 0.05) is 63.2 Å². The average molecular weight is 453 g/mol. The molecule has 0 aliphatic carbocycles. The van der Waals surface area contributed by atoms with Crippen LogP contribution in [0.3, 0.4) is 0 Å². The fraction of sp³-hybridized carbons (Fsp3) is 0.640. The molecule has 0 unspecified atom stereocenters. The number of hydrogen-bond donors (Lipinski definition) is 0. The first-order valence-corrected chi connectivity index (χ1v) is 12.3. The highest BCUT2D eigenvalue weighted by molar-refractivity contribution is 5.92. The van der Waals surface area contributed by atoms with E-state index in [9.17, 15) is 9.59 Å². The fourth-order valence-electron chi connectivity index (χ4n) is 5.28. The van der Waals surface area contributed by atoms with E-state index in [4.69, 9.17) is 0 Å². The summed E-state index contributed by atoms with van der Waals surface area (Å²) in [5, 5.41) is 0. The number of carbonyl (C=O) groups excluding carboxylic acids is 2. The van der Waals surface area contributed by atoms with Gasteiger partial charge in [-0.1, -0.05) is 13.8 Å². The van der Waals surface area contributed by atoms with Crippen LogP contribution in [0, 0.1) is 12.8 Å². The zero-order chi connectivity index (χ0) is 23.4. The van der Waals surface area contributed by atoms with Gasteiger partial charge in [0.25, 0.3) is 5.91 Å². The SMILES string of the molecule is Cc1cnc(C(=O)N2CCC([C@H]3CCCCN3C(=O)CCn3ccnc3C(C)C)CC2)cn1. The lowest BCUT2D eigenvalue weighted by Gasteiger charge is -2.43. The summed E-state index contributed by atoms with van der Waals surface area (Å²) in [7, 11) is 0. The second kappa shape index (κ2) is 10.4. The molecule has 2 saturated heterocycles. The van der Waals surface area contributed by atoms with Crippen LogP contribution in [0.2, 0.25) is 0 Å². The molecule has 2 aromatic rings. The molecule has 2 aliphatic heterocycles. The lowest BCUT2D eigenvalue weighted by Crippen LogP contribution is -2.51. The van der Waals surface area contributed by atoms with E-state index in [1.807, 2.05) is 24.2 Å². The predicted octanol–water partition coefficient (Wildman–Crippen LogP) is 3.43. The van der Waals surface area contributed by atoms with Crippen molar-refractivity contribution < 1.29 is 9.59 Å². The number of rotatable bonds is 6. The van der Waals surface area contributed by atoms with E-state index in [1.165, 1.54) is 6.42 Å². The van der Waals surface area contributed by atoms with Gasteiger partial charge < -0.3 is 14.4 Å². The number of aryl methyl sites for hydroxylation is 2. The van der Waals surface area contributed by atoms with Crippen molar-refractivity contribution in [3.63, 3.8) is 0 Å². The van der Waals surface area contributed by atoms with Crippen LogP contribution in [-0.2, 0) is 11.3 Å². The zero-order valence-electron chi connectivity index (χ0n) is 20.1. The maximum absolute atomic E-state index is 13.2. The van der Waals surface area contributed by atoms with Gasteiger partial charge >= 0.3 is 0 Å². The van der Waals surface area contributed by atoms with Crippen LogP contribution in [0.25, 0.3) is 0 Å². The molecule has 0 bridgehead atoms. The Morgan fingerprint density at radius 3 is 2.52 bits per heavy atom. The second-order valence-corrected chi connectivity index (χ2v) is 9.71. The fourth-order valence-corrected chi connectivity index (χ4v) is 5.28. The van der Waals surface area contributed by atoms with E-state index >= 15 is 0 Å². The number of aromatic nitrogens is 4. The Kier molecular flexibility index (Phi) is 7.40. The number of hydrogen-bond acceptors (Lipinski definition) is 5. The third-order valence-electron chi connectivity index (χ3n) is 7.07. The van der Waals surface area contributed by atoms with Crippen molar-refractivity contribution in [2.24, 2.45) is 5.92 Å². The van der Waals surface area contributed by atoms with Crippen LogP contribution in [0.1, 0.15) is 80.3 Å². The van der Waals surface area contributed by atoms with Gasteiger partial charge in [0.05, 0.1) is 11.9 Å². The van der Waals surface area contributed by atoms with Crippen LogP contribution in [0.15, 0.2) is 24.8 Å². The normalized spacial score (nSPS) is 19.8. The summed E-state index contributed by atoms with van der Waals surface area (Å²) >= 11 is 0. The van der Waals surface area contributed by atoms with Crippen LogP contribution in [-0.4, -0.2) is 66.8 Å². The molecule has 2 amide bonds. The minimum Gasteiger partial charge on any atom is -0.339 e. The molecule has 1 atom stereocenters. The van der Waals surface area contributed by atoms with Crippen molar-refractivity contribution in [2.45, 2.75) is 77.8 Å². The number of piperidine rings is 2. The first-order chi connectivity index (χ1) is 15.9. The molecule has 0 radical (unpaired) electrons. The van der Waals surface area contributed by atoms with Crippen LogP contribution in [0.4, 0.5) is 0 Å². The summed E-state index contributed by atoms with van der Waals surface area (Å²) in [6.07, 6.45) is 12.7. The number of amides is 2. The quantitative estimate of drug-likeness (QED) is 0.670. The summed E-state index contributed by atoms with van der Waals surface area (Å²) < 4.78 is 2.11. The maximum Gasteiger partial charge on any atom is 0.274 e. The molecule has 0 spiro atoms. The lowest BCUT2D eigenvalue weighted by molar-refractivity contribution is -0.137. The van der Waals surface area contributed by atoms with E-state index in [2.05, 4.69) is 38.3 Å². The van der Waals surface area contributed by atoms with Gasteiger partial charge in [-0.3, -0.25) is 14.6 Å². The first-order valence-electron chi connectivity index (χ1n) is 12.3. The Labute approximate surface area is 196 Å². The highest BCUT2D eigenvalue weighted by Gasteiger charge is 2.35. The molecule has 0 saturated carbocycles. The van der Waals surface area contributed by atoms with Crippen LogP contribution >= 0.6 is 0 Å². The summed E-state index contributed by atoms with van der Waals surface area (Å²) in [5.74, 6) is 2.03. The molecule has 33 heavy (non-hydrogen) atoms. The smallest absolute Gasteiger partial charge is 0.274 e. The molecular weight excluding hydrogens is 416 g/mol. The van der Waals surface area contributed by atoms with Crippen molar-refractivity contribution in [3.8, 4) is 0 Å². The number of carbonyl (C=O) groups is 2. The van der Waals surface area contributed by atoms with E-state index in [0.717, 1.165) is 43.7 Å². The molecule has 178 valence electrons. The highest BCUT2D eigenvalue weighted by atomic mass is 16.2. The summed E-state index contributed by atoms with van der Waals surface area (Å²) in [5.41, 5.74) is 1.22. The van der Waals surface area contributed by atoms with Crippen LogP contribution in [0.5, 0.6) is 0 Å². The van der Waals surface area contributed by atoms with Crippen molar-refractivity contribution in [1.82, 2.24) is 29.3 Å². The van der Waals surface area contributed by atoms with E-state index in [-0.39, 0.29) is 17.9 Å². The van der Waals surface area contributed by atoms with Crippen molar-refractivity contribution in [1.29, 1.82) is 0 Å². The lowest BCUT2D eigenvalue weighted by atomic mass is 9.83. The summed E-state index contributed by atoms with van der Waals surface area (Å²) in [6.45, 7) is 9.08. The third kappa shape index (κ3) is 5.42. The van der Waals surface area contributed by atoms with Crippen molar-refractivity contribution in [3.05, 3.63) is 42.0 Å². The Bertz CT molecular complexity index is 946. The Morgan fingerprint density at radius 1 is 1.03 bits per heavy atom. The van der Waals surface area contributed by atoms with Crippen molar-refractivity contribution >= 4 is 11.8 Å². The molecule has 0 N–H and O–H groups in total. The standard InChI is InChI=1S/C25H36N6O2/c1-18(2)24-26-10-15-29(24)14-9-23(32)31-11-5-4-6-22(31)20-7-12-30(13-8-20)25(33)21-17-27-19(3)16-28-21/h10,15-18,20,22H,4-9,11-14H2,1-3H3/t22-/m1/s1. The minimum absolute atomic E-state index is 0.0428. The molecular formula is C25H36N6O2. The van der Waals surface area contributed by atoms with E-state index in [1.54, 1.807) is 12.4 Å². The average Bonchev–Trinajstić information content (AvgIpc) is 3.32. The Hall–Kier alpha value is -2.77. The van der Waals surface area contributed by atoms with Gasteiger partial charge in [0.2, 0.25) is 5.91 Å². The molecule has 4 heterocycles. The molecule has 8 nitrogen and oxygen atoms in total. The number of imidazole rings is 1. The van der Waals surface area contributed by atoms with Crippen LogP contribution < -0.4 is 0 Å². The summed E-state index contributed by atoms with van der Waals surface area (Å²) in [4.78, 5) is 42.9. The molecule has 2 aromatic heterocycles. The minimum atomic E-state index is -0.0428. The highest BCUT2D eigenvalue weighted by Crippen LogP contribution is 2.31. The zero-order valence-corrected chi connectivity index (χ0v) is 20.1. The molecule has 4 rings (SSSR count). The number of likely N-dealkylation sites (tertiary alicyclic amines) is 2. The van der Waals surface area contributed by atoms with Crippen molar-refractivity contribution in [2.75, 3.05) is 19.6 Å². The molecule has 0 aromatic carbocycles. The summed E-state index contributed by atoms with van der Waals surface area (Å²) in [6, 6.07) is 0.287. The Balaban J connectivity index is 1.33. The molecule has 2 fully saturated rings. The van der Waals surface area contributed by atoms with Gasteiger partial charge in [-0.2, -0.15) is 0 Å². The van der Waals surface area contributed by atoms with E-state index < -0.39 is 0 Å². The second-order valence-electron chi connectivity index (χ2n) is 9.71. The molecule has 2 aliphatic rings. The third-order valence-corrected chi connectivity index (χ3v) is 7.07. The van der Waals surface area contributed by atoms with Gasteiger partial charge in [0.1, 0.15) is 11.5 Å². The Morgan fingerprint density at radius 2 is 1.82 bits per heavy atom. The van der Waals surface area contributed by atoms with Gasteiger partial charge in [-0.15, -0.1) is 0 Å². The maximum atomic E-state index is 13.2. The van der Waals surface area contributed by atoms with Gasteiger partial charge in [-0.25, -0.2) is 9.97 Å². The monoisotopic (exact) mass is 452 g/mol. The topological polar surface area (TPSA) is 84.2 Å². The van der Waals surface area contributed by atoms with Gasteiger partial charge in [-0.05, 0) is 44.9 Å². The predicted molar refractivity (Wildman–Crippen MR) is 126 cm³/mol. The van der Waals surface area contributed by atoms with E-state index in [0.29, 0.717) is 43.6 Å².